The molecule has 0 aliphatic rings. The van der Waals surface area contributed by atoms with Crippen LogP contribution in [0.2, 0.25) is 0 Å². The first kappa shape index (κ1) is 8.70. The van der Waals surface area contributed by atoms with Gasteiger partial charge in [-0.05, 0) is 12.3 Å². The molecule has 0 spiro atoms. The van der Waals surface area contributed by atoms with Crippen molar-refractivity contribution in [3.8, 4) is 0 Å². The third kappa shape index (κ3) is 7.70. The molecule has 0 aliphatic heterocycles. The van der Waals surface area contributed by atoms with Gasteiger partial charge in [-0.3, -0.25) is 0 Å². The number of rotatable bonds is 4. The van der Waals surface area contributed by atoms with Crippen LogP contribution in [-0.2, 0) is 4.74 Å². The van der Waals surface area contributed by atoms with E-state index in [9.17, 15) is 0 Å². The van der Waals surface area contributed by atoms with E-state index in [1.807, 2.05) is 0 Å². The Morgan fingerprint density at radius 1 is 1.33 bits per heavy atom. The van der Waals surface area contributed by atoms with Crippen LogP contribution in [-0.4, -0.2) is 13.7 Å². The number of allylic oxidation sites excluding steroid dienone is 1. The third-order valence-corrected chi connectivity index (χ3v) is 1.04. The SMILES string of the molecule is COC/C=C/CC(C)C. The zero-order valence-electron chi connectivity index (χ0n) is 6.55. The second kappa shape index (κ2) is 5.83. The molecular weight excluding hydrogens is 112 g/mol. The van der Waals surface area contributed by atoms with Crippen molar-refractivity contribution in [2.45, 2.75) is 20.3 Å². The lowest BCUT2D eigenvalue weighted by Crippen LogP contribution is -1.84. The van der Waals surface area contributed by atoms with Crippen LogP contribution in [0.4, 0.5) is 0 Å². The van der Waals surface area contributed by atoms with Crippen molar-refractivity contribution in [1.82, 2.24) is 0 Å². The van der Waals surface area contributed by atoms with Crippen LogP contribution in [0.5, 0.6) is 0 Å². The molecule has 9 heavy (non-hydrogen) atoms. The summed E-state index contributed by atoms with van der Waals surface area (Å²) in [6.07, 6.45) is 5.37. The molecule has 0 fully saturated rings. The van der Waals surface area contributed by atoms with Crippen molar-refractivity contribution in [1.29, 1.82) is 0 Å². The van der Waals surface area contributed by atoms with Crippen molar-refractivity contribution in [2.75, 3.05) is 13.7 Å². The lowest BCUT2D eigenvalue weighted by Gasteiger charge is -1.95. The van der Waals surface area contributed by atoms with Crippen LogP contribution in [0.1, 0.15) is 20.3 Å². The normalized spacial score (nSPS) is 11.6. The summed E-state index contributed by atoms with van der Waals surface area (Å²) >= 11 is 0. The Morgan fingerprint density at radius 2 is 2.00 bits per heavy atom. The topological polar surface area (TPSA) is 9.23 Å². The van der Waals surface area contributed by atoms with Crippen molar-refractivity contribution >= 4 is 0 Å². The minimum absolute atomic E-state index is 0.743. The molecule has 0 unspecified atom stereocenters. The van der Waals surface area contributed by atoms with Gasteiger partial charge in [-0.1, -0.05) is 26.0 Å². The third-order valence-electron chi connectivity index (χ3n) is 1.04. The Hall–Kier alpha value is -0.300. The molecule has 0 radical (unpaired) electrons. The smallest absolute Gasteiger partial charge is 0.0643 e. The number of ether oxygens (including phenoxy) is 1. The Balaban J connectivity index is 3.04. The van der Waals surface area contributed by atoms with E-state index in [0.29, 0.717) is 0 Å². The van der Waals surface area contributed by atoms with Crippen LogP contribution in [0.3, 0.4) is 0 Å². The zero-order chi connectivity index (χ0) is 7.11. The highest BCUT2D eigenvalue weighted by molar-refractivity contribution is 4.81. The highest BCUT2D eigenvalue weighted by Crippen LogP contribution is 1.98. The van der Waals surface area contributed by atoms with Gasteiger partial charge in [-0.2, -0.15) is 0 Å². The quantitative estimate of drug-likeness (QED) is 0.527. The molecule has 0 N–H and O–H groups in total. The van der Waals surface area contributed by atoms with Gasteiger partial charge in [0.15, 0.2) is 0 Å². The first-order valence-corrected chi connectivity index (χ1v) is 3.41. The van der Waals surface area contributed by atoms with E-state index in [-0.39, 0.29) is 0 Å². The predicted octanol–water partition coefficient (Wildman–Crippen LogP) is 2.24. The fourth-order valence-corrected chi connectivity index (χ4v) is 0.533. The summed E-state index contributed by atoms with van der Waals surface area (Å²) in [5, 5.41) is 0. The molecule has 0 aromatic heterocycles. The first-order valence-electron chi connectivity index (χ1n) is 3.41. The summed E-state index contributed by atoms with van der Waals surface area (Å²) in [5.74, 6) is 0.762. The molecule has 1 nitrogen and oxygen atoms in total. The van der Waals surface area contributed by atoms with E-state index in [1.54, 1.807) is 7.11 Å². The van der Waals surface area contributed by atoms with E-state index in [0.717, 1.165) is 18.9 Å². The van der Waals surface area contributed by atoms with Crippen molar-refractivity contribution < 1.29 is 4.74 Å². The number of methoxy groups -OCH3 is 1. The minimum atomic E-state index is 0.743. The van der Waals surface area contributed by atoms with Crippen molar-refractivity contribution in [3.63, 3.8) is 0 Å². The molecule has 0 atom stereocenters. The summed E-state index contributed by atoms with van der Waals surface area (Å²) in [4.78, 5) is 0. The largest absolute Gasteiger partial charge is 0.381 e. The van der Waals surface area contributed by atoms with E-state index in [2.05, 4.69) is 26.0 Å². The minimum Gasteiger partial charge on any atom is -0.381 e. The van der Waals surface area contributed by atoms with Crippen LogP contribution < -0.4 is 0 Å². The maximum Gasteiger partial charge on any atom is 0.0643 e. The second-order valence-electron chi connectivity index (χ2n) is 2.56. The molecule has 0 amide bonds. The fourth-order valence-electron chi connectivity index (χ4n) is 0.533. The van der Waals surface area contributed by atoms with Gasteiger partial charge in [-0.15, -0.1) is 0 Å². The van der Waals surface area contributed by atoms with Gasteiger partial charge in [0.25, 0.3) is 0 Å². The van der Waals surface area contributed by atoms with E-state index < -0.39 is 0 Å². The maximum atomic E-state index is 4.84. The molecule has 0 saturated carbocycles. The van der Waals surface area contributed by atoms with Crippen LogP contribution in [0, 0.1) is 5.92 Å². The number of hydrogen-bond donors (Lipinski definition) is 0. The van der Waals surface area contributed by atoms with Gasteiger partial charge >= 0.3 is 0 Å². The molecule has 0 aromatic rings. The molecule has 0 aromatic carbocycles. The molecule has 0 heterocycles. The predicted molar refractivity (Wildman–Crippen MR) is 40.5 cm³/mol. The lowest BCUT2D eigenvalue weighted by molar-refractivity contribution is 0.233. The van der Waals surface area contributed by atoms with E-state index in [4.69, 9.17) is 4.74 Å². The highest BCUT2D eigenvalue weighted by atomic mass is 16.5. The monoisotopic (exact) mass is 128 g/mol. The van der Waals surface area contributed by atoms with E-state index >= 15 is 0 Å². The highest BCUT2D eigenvalue weighted by Gasteiger charge is 1.85. The molecule has 0 saturated heterocycles. The molecule has 0 aliphatic carbocycles. The summed E-state index contributed by atoms with van der Waals surface area (Å²) in [6.45, 7) is 5.15. The molecule has 0 rings (SSSR count). The van der Waals surface area contributed by atoms with Crippen LogP contribution in [0.25, 0.3) is 0 Å². The standard InChI is InChI=1S/C8H16O/c1-8(2)6-4-5-7-9-3/h4-5,8H,6-7H2,1-3H3/b5-4+. The summed E-state index contributed by atoms with van der Waals surface area (Å²) in [7, 11) is 1.71. The van der Waals surface area contributed by atoms with Gasteiger partial charge in [0.2, 0.25) is 0 Å². The Bertz CT molecular complexity index is 74.6. The molecule has 54 valence electrons. The van der Waals surface area contributed by atoms with Crippen LogP contribution in [0.15, 0.2) is 12.2 Å². The molecule has 1 heteroatoms. The summed E-state index contributed by atoms with van der Waals surface area (Å²) < 4.78 is 4.84. The second-order valence-corrected chi connectivity index (χ2v) is 2.56. The summed E-state index contributed by atoms with van der Waals surface area (Å²) in [6, 6.07) is 0. The lowest BCUT2D eigenvalue weighted by atomic mass is 10.1. The Morgan fingerprint density at radius 3 is 2.44 bits per heavy atom. The van der Waals surface area contributed by atoms with Gasteiger partial charge in [0.05, 0.1) is 6.61 Å². The van der Waals surface area contributed by atoms with Gasteiger partial charge < -0.3 is 4.74 Å². The zero-order valence-corrected chi connectivity index (χ0v) is 6.55. The van der Waals surface area contributed by atoms with Crippen molar-refractivity contribution in [2.24, 2.45) is 5.92 Å². The van der Waals surface area contributed by atoms with Crippen molar-refractivity contribution in [3.05, 3.63) is 12.2 Å². The number of hydrogen-bond acceptors (Lipinski definition) is 1. The molecule has 0 bridgehead atoms. The molecular formula is C8H16O. The fraction of sp³-hybridized carbons (Fsp3) is 0.750. The van der Waals surface area contributed by atoms with E-state index in [1.165, 1.54) is 0 Å². The van der Waals surface area contributed by atoms with Gasteiger partial charge in [-0.25, -0.2) is 0 Å². The van der Waals surface area contributed by atoms with Crippen LogP contribution >= 0.6 is 0 Å². The average Bonchev–Trinajstić information content (AvgIpc) is 1.80. The Labute approximate surface area is 57.7 Å². The Kier molecular flexibility index (Phi) is 5.64. The van der Waals surface area contributed by atoms with Gasteiger partial charge in [0, 0.05) is 7.11 Å². The first-order chi connectivity index (χ1) is 4.27. The van der Waals surface area contributed by atoms with Gasteiger partial charge in [0.1, 0.15) is 0 Å². The maximum absolute atomic E-state index is 4.84. The average molecular weight is 128 g/mol. The summed E-state index contributed by atoms with van der Waals surface area (Å²) in [5.41, 5.74) is 0.